The highest BCUT2D eigenvalue weighted by atomic mass is 16.5. The highest BCUT2D eigenvalue weighted by Crippen LogP contribution is 2.32. The smallest absolute Gasteiger partial charge is 0.223 e. The van der Waals surface area contributed by atoms with Crippen molar-refractivity contribution in [2.75, 3.05) is 26.9 Å². The first-order chi connectivity index (χ1) is 17.7. The number of para-hydroxylation sites is 4. The molecule has 1 saturated heterocycles. The second kappa shape index (κ2) is 10.7. The van der Waals surface area contributed by atoms with Crippen molar-refractivity contribution in [1.82, 2.24) is 14.5 Å². The molecule has 1 aromatic heterocycles. The van der Waals surface area contributed by atoms with Crippen LogP contribution < -0.4 is 14.2 Å². The summed E-state index contributed by atoms with van der Waals surface area (Å²) in [5.41, 5.74) is 3.07. The predicted octanol–water partition coefficient (Wildman–Crippen LogP) is 5.04. The lowest BCUT2D eigenvalue weighted by Crippen LogP contribution is -2.24. The summed E-state index contributed by atoms with van der Waals surface area (Å²) in [6.07, 6.45) is 0.452. The molecule has 0 N–H and O–H groups in total. The third-order valence-corrected chi connectivity index (χ3v) is 6.52. The molecule has 1 atom stereocenters. The Hall–Kier alpha value is -4.00. The largest absolute Gasteiger partial charge is 0.497 e. The molecule has 4 aromatic rings. The molecule has 3 aromatic carbocycles. The molecular weight excluding hydrogens is 454 g/mol. The van der Waals surface area contributed by atoms with Crippen molar-refractivity contribution in [2.24, 2.45) is 0 Å². The Bertz CT molecular complexity index is 1330. The average molecular weight is 486 g/mol. The van der Waals surface area contributed by atoms with Crippen LogP contribution in [0.1, 0.15) is 30.7 Å². The van der Waals surface area contributed by atoms with Crippen LogP contribution in [-0.2, 0) is 17.9 Å². The van der Waals surface area contributed by atoms with Crippen molar-refractivity contribution in [1.29, 1.82) is 0 Å². The number of rotatable bonds is 10. The van der Waals surface area contributed by atoms with Gasteiger partial charge in [-0.1, -0.05) is 36.4 Å². The van der Waals surface area contributed by atoms with Gasteiger partial charge in [0, 0.05) is 25.4 Å². The van der Waals surface area contributed by atoms with Crippen molar-refractivity contribution in [3.63, 3.8) is 0 Å². The van der Waals surface area contributed by atoms with E-state index in [0.717, 1.165) is 39.7 Å². The minimum Gasteiger partial charge on any atom is -0.497 e. The summed E-state index contributed by atoms with van der Waals surface area (Å²) in [6, 6.07) is 23.7. The molecule has 0 radical (unpaired) electrons. The molecule has 0 saturated carbocycles. The van der Waals surface area contributed by atoms with Gasteiger partial charge in [0.05, 0.1) is 31.3 Å². The SMILES string of the molecule is CCOc1ccccc1OCCn1c(C2CC(=O)N(Cc3ccc(OC)cc3)C2)nc2ccccc21. The zero-order valence-electron chi connectivity index (χ0n) is 20.7. The molecule has 1 amide bonds. The molecule has 36 heavy (non-hydrogen) atoms. The molecule has 0 aliphatic carbocycles. The number of hydrogen-bond donors (Lipinski definition) is 0. The van der Waals surface area contributed by atoms with Crippen LogP contribution >= 0.6 is 0 Å². The fourth-order valence-electron chi connectivity index (χ4n) is 4.78. The lowest BCUT2D eigenvalue weighted by molar-refractivity contribution is -0.128. The maximum atomic E-state index is 12.9. The van der Waals surface area contributed by atoms with Gasteiger partial charge in [-0.3, -0.25) is 4.79 Å². The zero-order chi connectivity index (χ0) is 24.9. The Morgan fingerprint density at radius 3 is 2.42 bits per heavy atom. The standard InChI is InChI=1S/C29H31N3O4/c1-3-35-26-10-6-7-11-27(26)36-17-16-32-25-9-5-4-8-24(25)30-29(32)22-18-28(33)31(20-22)19-21-12-14-23(34-2)15-13-21/h4-15,22H,3,16-20H2,1-2H3. The van der Waals surface area contributed by atoms with E-state index in [1.807, 2.05) is 78.6 Å². The van der Waals surface area contributed by atoms with E-state index in [2.05, 4.69) is 10.6 Å². The number of amides is 1. The maximum absolute atomic E-state index is 12.9. The number of carbonyl (C=O) groups excluding carboxylic acids is 1. The van der Waals surface area contributed by atoms with Crippen LogP contribution in [0.25, 0.3) is 11.0 Å². The Morgan fingerprint density at radius 2 is 1.67 bits per heavy atom. The number of methoxy groups -OCH3 is 1. The molecule has 5 rings (SSSR count). The molecule has 1 fully saturated rings. The number of hydrogen-bond acceptors (Lipinski definition) is 5. The molecule has 2 heterocycles. The Labute approximate surface area is 211 Å². The average Bonchev–Trinajstić information content (AvgIpc) is 3.46. The molecule has 186 valence electrons. The Balaban J connectivity index is 1.33. The van der Waals surface area contributed by atoms with Gasteiger partial charge in [-0.15, -0.1) is 0 Å². The summed E-state index contributed by atoms with van der Waals surface area (Å²) < 4.78 is 19.2. The van der Waals surface area contributed by atoms with Gasteiger partial charge in [0.15, 0.2) is 11.5 Å². The van der Waals surface area contributed by atoms with E-state index >= 15 is 0 Å². The van der Waals surface area contributed by atoms with Crippen molar-refractivity contribution in [3.8, 4) is 17.2 Å². The lowest BCUT2D eigenvalue weighted by Gasteiger charge is -2.18. The van der Waals surface area contributed by atoms with Crippen LogP contribution in [0.3, 0.4) is 0 Å². The summed E-state index contributed by atoms with van der Waals surface area (Å²) in [4.78, 5) is 19.8. The molecule has 1 unspecified atom stereocenters. The number of likely N-dealkylation sites (tertiary alicyclic amines) is 1. The molecular formula is C29H31N3O4. The number of carbonyl (C=O) groups is 1. The van der Waals surface area contributed by atoms with Crippen molar-refractivity contribution in [3.05, 3.63) is 84.2 Å². The van der Waals surface area contributed by atoms with Crippen LogP contribution in [0.5, 0.6) is 17.2 Å². The van der Waals surface area contributed by atoms with E-state index in [1.165, 1.54) is 0 Å². The fraction of sp³-hybridized carbons (Fsp3) is 0.310. The topological polar surface area (TPSA) is 65.8 Å². The minimum atomic E-state index is 0.0267. The van der Waals surface area contributed by atoms with Gasteiger partial charge >= 0.3 is 0 Å². The molecule has 1 aliphatic rings. The summed E-state index contributed by atoms with van der Waals surface area (Å²) in [5, 5.41) is 0. The number of fused-ring (bicyclic) bond motifs is 1. The van der Waals surface area contributed by atoms with Crippen LogP contribution in [-0.4, -0.2) is 47.2 Å². The number of aromatic nitrogens is 2. The van der Waals surface area contributed by atoms with Crippen LogP contribution in [0.2, 0.25) is 0 Å². The van der Waals surface area contributed by atoms with Crippen molar-refractivity contribution in [2.45, 2.75) is 32.4 Å². The first kappa shape index (κ1) is 23.7. The van der Waals surface area contributed by atoms with Gasteiger partial charge in [-0.25, -0.2) is 4.98 Å². The molecule has 7 heteroatoms. The predicted molar refractivity (Wildman–Crippen MR) is 139 cm³/mol. The van der Waals surface area contributed by atoms with Gasteiger partial charge < -0.3 is 23.7 Å². The number of ether oxygens (including phenoxy) is 3. The van der Waals surface area contributed by atoms with E-state index in [4.69, 9.17) is 19.2 Å². The van der Waals surface area contributed by atoms with Crippen molar-refractivity contribution >= 4 is 16.9 Å². The third kappa shape index (κ3) is 5.00. The first-order valence-electron chi connectivity index (χ1n) is 12.4. The molecule has 0 bridgehead atoms. The number of benzene rings is 3. The highest BCUT2D eigenvalue weighted by Gasteiger charge is 2.34. The van der Waals surface area contributed by atoms with Crippen LogP contribution in [0.15, 0.2) is 72.8 Å². The van der Waals surface area contributed by atoms with E-state index < -0.39 is 0 Å². The normalized spacial score (nSPS) is 15.4. The second-order valence-electron chi connectivity index (χ2n) is 8.86. The van der Waals surface area contributed by atoms with Crippen LogP contribution in [0, 0.1) is 0 Å². The summed E-state index contributed by atoms with van der Waals surface area (Å²) in [6.45, 7) is 4.85. The monoisotopic (exact) mass is 485 g/mol. The van der Waals surface area contributed by atoms with Gasteiger partial charge in [0.2, 0.25) is 5.91 Å². The summed E-state index contributed by atoms with van der Waals surface area (Å²) in [5.74, 6) is 3.39. The Morgan fingerprint density at radius 1 is 0.944 bits per heavy atom. The first-order valence-corrected chi connectivity index (χ1v) is 12.4. The summed E-state index contributed by atoms with van der Waals surface area (Å²) >= 11 is 0. The molecule has 0 spiro atoms. The van der Waals surface area contributed by atoms with E-state index in [1.54, 1.807) is 7.11 Å². The van der Waals surface area contributed by atoms with Crippen LogP contribution in [0.4, 0.5) is 0 Å². The third-order valence-electron chi connectivity index (χ3n) is 6.52. The number of imidazole rings is 1. The molecule has 1 aliphatic heterocycles. The zero-order valence-corrected chi connectivity index (χ0v) is 20.7. The minimum absolute atomic E-state index is 0.0267. The number of nitrogens with zero attached hydrogens (tertiary/aromatic N) is 3. The van der Waals surface area contributed by atoms with E-state index in [9.17, 15) is 4.79 Å². The quantitative estimate of drug-likeness (QED) is 0.315. The van der Waals surface area contributed by atoms with Crippen molar-refractivity contribution < 1.29 is 19.0 Å². The van der Waals surface area contributed by atoms with Gasteiger partial charge in [-0.2, -0.15) is 0 Å². The molecule has 7 nitrogen and oxygen atoms in total. The van der Waals surface area contributed by atoms with E-state index in [-0.39, 0.29) is 11.8 Å². The summed E-state index contributed by atoms with van der Waals surface area (Å²) in [7, 11) is 1.65. The van der Waals surface area contributed by atoms with E-state index in [0.29, 0.717) is 39.3 Å². The second-order valence-corrected chi connectivity index (χ2v) is 8.86. The Kier molecular flexibility index (Phi) is 7.07. The van der Waals surface area contributed by atoms with Gasteiger partial charge in [-0.05, 0) is 48.9 Å². The highest BCUT2D eigenvalue weighted by molar-refractivity contribution is 5.81. The lowest BCUT2D eigenvalue weighted by atomic mass is 10.1. The maximum Gasteiger partial charge on any atom is 0.223 e. The fourth-order valence-corrected chi connectivity index (χ4v) is 4.78. The van der Waals surface area contributed by atoms with Gasteiger partial charge in [0.25, 0.3) is 0 Å². The van der Waals surface area contributed by atoms with Gasteiger partial charge in [0.1, 0.15) is 18.2 Å².